The van der Waals surface area contributed by atoms with Crippen molar-refractivity contribution in [3.63, 3.8) is 0 Å². The highest BCUT2D eigenvalue weighted by Gasteiger charge is 2.33. The number of ether oxygens (including phenoxy) is 3. The van der Waals surface area contributed by atoms with E-state index in [0.717, 1.165) is 9.13 Å². The molecular weight excluding hydrogens is 337 g/mol. The van der Waals surface area contributed by atoms with Crippen LogP contribution in [-0.4, -0.2) is 20.0 Å². The molecule has 0 bridgehead atoms. The summed E-state index contributed by atoms with van der Waals surface area (Å²) in [5.74, 6) is -1.25. The fourth-order valence-electron chi connectivity index (χ4n) is 1.36. The number of rotatable bonds is 5. The summed E-state index contributed by atoms with van der Waals surface area (Å²) in [5.41, 5.74) is 5.77. The molecule has 0 fully saturated rings. The van der Waals surface area contributed by atoms with Crippen LogP contribution in [0.15, 0.2) is 24.3 Å². The molecule has 0 spiro atoms. The van der Waals surface area contributed by atoms with Gasteiger partial charge in [0.25, 0.3) is 0 Å². The molecule has 6 heteroatoms. The Morgan fingerprint density at radius 2 is 2.12 bits per heavy atom. The summed E-state index contributed by atoms with van der Waals surface area (Å²) in [5, 5.41) is 0. The summed E-state index contributed by atoms with van der Waals surface area (Å²) in [4.78, 5) is 10.9. The van der Waals surface area contributed by atoms with Gasteiger partial charge < -0.3 is 19.9 Å². The van der Waals surface area contributed by atoms with Crippen molar-refractivity contribution in [3.8, 4) is 0 Å². The zero-order chi connectivity index (χ0) is 12.9. The largest absolute Gasteiger partial charge is 0.413 e. The lowest BCUT2D eigenvalue weighted by molar-refractivity contribution is -0.237. The monoisotopic (exact) mass is 351 g/mol. The van der Waals surface area contributed by atoms with Crippen LogP contribution < -0.4 is 5.73 Å². The lowest BCUT2D eigenvalue weighted by atomic mass is 10.1. The predicted octanol–water partition coefficient (Wildman–Crippen LogP) is 2.18. The van der Waals surface area contributed by atoms with Crippen molar-refractivity contribution in [2.45, 2.75) is 12.7 Å². The smallest absolute Gasteiger partial charge is 0.407 e. The summed E-state index contributed by atoms with van der Waals surface area (Å²) in [6, 6.07) is 7.40. The minimum Gasteiger partial charge on any atom is -0.413 e. The van der Waals surface area contributed by atoms with Crippen LogP contribution in [0.25, 0.3) is 0 Å². The van der Waals surface area contributed by atoms with Crippen molar-refractivity contribution in [2.75, 3.05) is 13.9 Å². The van der Waals surface area contributed by atoms with E-state index < -0.39 is 11.9 Å². The molecule has 0 radical (unpaired) electrons. The topological polar surface area (TPSA) is 70.8 Å². The van der Waals surface area contributed by atoms with Gasteiger partial charge in [0.15, 0.2) is 6.79 Å². The predicted molar refractivity (Wildman–Crippen MR) is 70.1 cm³/mol. The fourth-order valence-corrected chi connectivity index (χ4v) is 2.23. The molecule has 0 saturated heterocycles. The first-order valence-electron chi connectivity index (χ1n) is 4.86. The van der Waals surface area contributed by atoms with Gasteiger partial charge in [-0.05, 0) is 28.7 Å². The van der Waals surface area contributed by atoms with Gasteiger partial charge in [-0.25, -0.2) is 4.79 Å². The van der Waals surface area contributed by atoms with E-state index in [4.69, 9.17) is 19.9 Å². The Bertz CT molecular complexity index is 399. The highest BCUT2D eigenvalue weighted by Crippen LogP contribution is 2.30. The van der Waals surface area contributed by atoms with E-state index in [0.29, 0.717) is 0 Å². The Hall–Kier alpha value is -0.860. The second kappa shape index (κ2) is 6.18. The average molecular weight is 351 g/mol. The number of methoxy groups -OCH3 is 1. The number of halogens is 1. The number of carbonyl (C=O) groups is 1. The maximum Gasteiger partial charge on any atom is 0.407 e. The third kappa shape index (κ3) is 3.83. The number of primary amides is 1. The van der Waals surface area contributed by atoms with Crippen molar-refractivity contribution in [1.82, 2.24) is 0 Å². The van der Waals surface area contributed by atoms with Crippen LogP contribution in [0.1, 0.15) is 12.5 Å². The van der Waals surface area contributed by atoms with Crippen LogP contribution in [-0.2, 0) is 20.0 Å². The summed E-state index contributed by atoms with van der Waals surface area (Å²) in [6.45, 7) is 1.61. The van der Waals surface area contributed by atoms with E-state index in [1.54, 1.807) is 13.0 Å². The molecule has 1 rings (SSSR count). The van der Waals surface area contributed by atoms with E-state index in [1.807, 2.05) is 18.2 Å². The van der Waals surface area contributed by atoms with Crippen molar-refractivity contribution < 1.29 is 19.0 Å². The Kier molecular flexibility index (Phi) is 5.16. The fraction of sp³-hybridized carbons (Fsp3) is 0.364. The summed E-state index contributed by atoms with van der Waals surface area (Å²) < 4.78 is 16.2. The third-order valence-electron chi connectivity index (χ3n) is 2.11. The average Bonchev–Trinajstić information content (AvgIpc) is 2.26. The number of nitrogens with two attached hydrogens (primary N) is 1. The van der Waals surface area contributed by atoms with Gasteiger partial charge in [0.1, 0.15) is 0 Å². The van der Waals surface area contributed by atoms with E-state index in [2.05, 4.69) is 22.6 Å². The number of hydrogen-bond donors (Lipinski definition) is 1. The molecule has 1 aromatic carbocycles. The molecule has 0 aliphatic heterocycles. The van der Waals surface area contributed by atoms with Crippen molar-refractivity contribution >= 4 is 28.7 Å². The molecule has 1 atom stereocenters. The number of amides is 1. The van der Waals surface area contributed by atoms with Crippen LogP contribution in [0.2, 0.25) is 0 Å². The molecule has 1 amide bonds. The summed E-state index contributed by atoms with van der Waals surface area (Å²) >= 11 is 2.13. The lowest BCUT2D eigenvalue weighted by Crippen LogP contribution is -2.36. The van der Waals surface area contributed by atoms with Crippen LogP contribution in [0, 0.1) is 3.57 Å². The first-order chi connectivity index (χ1) is 7.99. The SMILES string of the molecule is COCO[C@@](C)(OC(N)=O)c1ccccc1I. The minimum absolute atomic E-state index is 0.00520. The number of hydrogen-bond acceptors (Lipinski definition) is 4. The highest BCUT2D eigenvalue weighted by atomic mass is 127. The van der Waals surface area contributed by atoms with Crippen LogP contribution in [0.3, 0.4) is 0 Å². The van der Waals surface area contributed by atoms with Gasteiger partial charge in [0, 0.05) is 23.2 Å². The first kappa shape index (κ1) is 14.2. The van der Waals surface area contributed by atoms with Gasteiger partial charge in [-0.2, -0.15) is 0 Å². The molecule has 1 aromatic rings. The van der Waals surface area contributed by atoms with Crippen molar-refractivity contribution in [3.05, 3.63) is 33.4 Å². The minimum atomic E-state index is -1.25. The van der Waals surface area contributed by atoms with Gasteiger partial charge in [0.05, 0.1) is 0 Å². The Labute approximate surface area is 113 Å². The first-order valence-corrected chi connectivity index (χ1v) is 5.94. The van der Waals surface area contributed by atoms with E-state index in [9.17, 15) is 4.79 Å². The van der Waals surface area contributed by atoms with Gasteiger partial charge in [-0.15, -0.1) is 0 Å². The third-order valence-corrected chi connectivity index (χ3v) is 3.05. The van der Waals surface area contributed by atoms with E-state index in [-0.39, 0.29) is 6.79 Å². The quantitative estimate of drug-likeness (QED) is 0.652. The molecule has 2 N–H and O–H groups in total. The maximum atomic E-state index is 10.9. The van der Waals surface area contributed by atoms with E-state index in [1.165, 1.54) is 7.11 Å². The normalized spacial score (nSPS) is 14.1. The van der Waals surface area contributed by atoms with Gasteiger partial charge in [-0.3, -0.25) is 0 Å². The van der Waals surface area contributed by atoms with Crippen LogP contribution in [0.4, 0.5) is 4.79 Å². The Morgan fingerprint density at radius 1 is 1.47 bits per heavy atom. The van der Waals surface area contributed by atoms with Gasteiger partial charge in [0.2, 0.25) is 5.79 Å². The molecule has 0 aromatic heterocycles. The molecule has 0 saturated carbocycles. The molecule has 17 heavy (non-hydrogen) atoms. The summed E-state index contributed by atoms with van der Waals surface area (Å²) in [6.07, 6.45) is -0.900. The molecule has 94 valence electrons. The zero-order valence-electron chi connectivity index (χ0n) is 9.60. The summed E-state index contributed by atoms with van der Waals surface area (Å²) in [7, 11) is 1.49. The molecule has 0 aliphatic rings. The van der Waals surface area contributed by atoms with Crippen molar-refractivity contribution in [1.29, 1.82) is 0 Å². The van der Waals surface area contributed by atoms with Gasteiger partial charge in [-0.1, -0.05) is 18.2 Å². The Balaban J connectivity index is 3.04. The van der Waals surface area contributed by atoms with Crippen molar-refractivity contribution in [2.24, 2.45) is 5.73 Å². The molecular formula is C11H14INO4. The molecule has 5 nitrogen and oxygen atoms in total. The zero-order valence-corrected chi connectivity index (χ0v) is 11.8. The van der Waals surface area contributed by atoms with Crippen LogP contribution >= 0.6 is 22.6 Å². The second-order valence-corrected chi connectivity index (χ2v) is 4.56. The standard InChI is InChI=1S/C11H14INO4/c1-11(16-7-15-2,17-10(13)14)8-5-3-4-6-9(8)12/h3-6H,7H2,1-2H3,(H2,13,14)/t11-/m0/s1. The number of carbonyl (C=O) groups excluding carboxylic acids is 1. The Morgan fingerprint density at radius 3 is 2.65 bits per heavy atom. The molecule has 0 unspecified atom stereocenters. The lowest BCUT2D eigenvalue weighted by Gasteiger charge is -2.29. The highest BCUT2D eigenvalue weighted by molar-refractivity contribution is 14.1. The van der Waals surface area contributed by atoms with E-state index >= 15 is 0 Å². The number of benzene rings is 1. The molecule has 0 aliphatic carbocycles. The van der Waals surface area contributed by atoms with Gasteiger partial charge >= 0.3 is 6.09 Å². The van der Waals surface area contributed by atoms with Crippen LogP contribution in [0.5, 0.6) is 0 Å². The maximum absolute atomic E-state index is 10.9. The second-order valence-electron chi connectivity index (χ2n) is 3.40. The molecule has 0 heterocycles.